The number of carbonyl (C=O) groups is 1. The van der Waals surface area contributed by atoms with E-state index in [9.17, 15) is 4.79 Å². The first-order valence-corrected chi connectivity index (χ1v) is 9.75. The number of benzene rings is 1. The van der Waals surface area contributed by atoms with Crippen LogP contribution in [-0.4, -0.2) is 24.9 Å². The lowest BCUT2D eigenvalue weighted by molar-refractivity contribution is -0.113. The van der Waals surface area contributed by atoms with Crippen molar-refractivity contribution in [3.05, 3.63) is 70.6 Å². The van der Waals surface area contributed by atoms with Gasteiger partial charge in [0.1, 0.15) is 0 Å². The van der Waals surface area contributed by atoms with Gasteiger partial charge in [-0.25, -0.2) is 0 Å². The zero-order valence-electron chi connectivity index (χ0n) is 18.6. The molecule has 1 amide bonds. The van der Waals surface area contributed by atoms with Crippen molar-refractivity contribution in [1.29, 1.82) is 0 Å². The maximum absolute atomic E-state index is 12.8. The normalized spacial score (nSPS) is 12.5. The molecule has 0 saturated heterocycles. The highest BCUT2D eigenvalue weighted by Crippen LogP contribution is 2.19. The molecule has 0 unspecified atom stereocenters. The Kier molecular flexibility index (Phi) is 9.29. The molecular weight excluding hydrogens is 346 g/mol. The van der Waals surface area contributed by atoms with E-state index in [-0.39, 0.29) is 5.91 Å². The minimum absolute atomic E-state index is 0.0631. The molecule has 0 spiro atoms. The Morgan fingerprint density at radius 1 is 1.11 bits per heavy atom. The second kappa shape index (κ2) is 11.2. The Labute approximate surface area is 170 Å². The second-order valence-electron chi connectivity index (χ2n) is 7.01. The molecule has 152 valence electrons. The van der Waals surface area contributed by atoms with E-state index in [4.69, 9.17) is 0 Å². The van der Waals surface area contributed by atoms with Gasteiger partial charge in [-0.15, -0.1) is 0 Å². The van der Waals surface area contributed by atoms with Gasteiger partial charge >= 0.3 is 0 Å². The quantitative estimate of drug-likeness (QED) is 0.449. The summed E-state index contributed by atoms with van der Waals surface area (Å²) in [6, 6.07) is 7.86. The Morgan fingerprint density at radius 3 is 2.18 bits per heavy atom. The number of amides is 1. The molecule has 1 rings (SSSR count). The zero-order valence-corrected chi connectivity index (χ0v) is 18.6. The van der Waals surface area contributed by atoms with Crippen LogP contribution < -0.4 is 10.6 Å². The summed E-state index contributed by atoms with van der Waals surface area (Å²) in [5.74, 6) is -0.0631. The predicted octanol–water partition coefficient (Wildman–Crippen LogP) is 5.69. The number of hydrogen-bond acceptors (Lipinski definition) is 3. The summed E-state index contributed by atoms with van der Waals surface area (Å²) in [4.78, 5) is 14.8. The van der Waals surface area contributed by atoms with Crippen LogP contribution in [0.2, 0.25) is 0 Å². The molecular formula is C24H35N3O. The highest BCUT2D eigenvalue weighted by atomic mass is 16.1. The van der Waals surface area contributed by atoms with Gasteiger partial charge in [-0.1, -0.05) is 36.3 Å². The van der Waals surface area contributed by atoms with Crippen LogP contribution in [0, 0.1) is 0 Å². The minimum atomic E-state index is -0.0631. The summed E-state index contributed by atoms with van der Waals surface area (Å²) >= 11 is 0. The van der Waals surface area contributed by atoms with E-state index in [1.165, 1.54) is 11.1 Å². The third kappa shape index (κ3) is 6.45. The average Bonchev–Trinajstić information content (AvgIpc) is 2.68. The maximum atomic E-state index is 12.8. The molecule has 0 radical (unpaired) electrons. The fourth-order valence-corrected chi connectivity index (χ4v) is 2.69. The Bertz CT molecular complexity index is 792. The van der Waals surface area contributed by atoms with E-state index in [1.54, 1.807) is 0 Å². The molecule has 0 aliphatic heterocycles. The number of carbonyl (C=O) groups excluding carboxylic acids is 1. The maximum Gasteiger partial charge on any atom is 0.253 e. The van der Waals surface area contributed by atoms with E-state index in [0.29, 0.717) is 6.42 Å². The third-order valence-corrected chi connectivity index (χ3v) is 4.94. The standard InChI is InChI=1S/C24H35N3O/c1-9-22(19(6)27(8)16-15-18(5)17(3)4)24(28)26-21-13-11-20(12-14-21)23(10-2)25-7/h10-16,25H,9H2,1-8H3,(H,26,28)/b16-15-,22-19+,23-10-. The monoisotopic (exact) mass is 381 g/mol. The van der Waals surface area contributed by atoms with Gasteiger partial charge in [-0.05, 0) is 64.8 Å². The zero-order chi connectivity index (χ0) is 21.3. The Balaban J connectivity index is 2.98. The summed E-state index contributed by atoms with van der Waals surface area (Å²) in [5.41, 5.74) is 7.16. The molecule has 1 aromatic carbocycles. The summed E-state index contributed by atoms with van der Waals surface area (Å²) < 4.78 is 0. The van der Waals surface area contributed by atoms with Gasteiger partial charge in [0.05, 0.1) is 0 Å². The highest BCUT2D eigenvalue weighted by molar-refractivity contribution is 6.04. The molecule has 2 N–H and O–H groups in total. The fourth-order valence-electron chi connectivity index (χ4n) is 2.69. The van der Waals surface area contributed by atoms with Crippen molar-refractivity contribution in [2.24, 2.45) is 0 Å². The molecule has 0 heterocycles. The summed E-state index contributed by atoms with van der Waals surface area (Å²) in [6.45, 7) is 12.2. The number of allylic oxidation sites excluding steroid dienone is 5. The minimum Gasteiger partial charge on any atom is -0.388 e. The van der Waals surface area contributed by atoms with Crippen LogP contribution >= 0.6 is 0 Å². The molecule has 4 heteroatoms. The van der Waals surface area contributed by atoms with Crippen LogP contribution in [0.3, 0.4) is 0 Å². The third-order valence-electron chi connectivity index (χ3n) is 4.94. The Hall–Kier alpha value is -2.75. The van der Waals surface area contributed by atoms with E-state index in [2.05, 4.69) is 37.5 Å². The van der Waals surface area contributed by atoms with Crippen LogP contribution in [0.5, 0.6) is 0 Å². The predicted molar refractivity (Wildman–Crippen MR) is 122 cm³/mol. The van der Waals surface area contributed by atoms with Gasteiger partial charge in [0.15, 0.2) is 0 Å². The number of rotatable bonds is 8. The first-order chi connectivity index (χ1) is 13.2. The summed E-state index contributed by atoms with van der Waals surface area (Å²) in [6.07, 6.45) is 6.77. The molecule has 0 bridgehead atoms. The first kappa shape index (κ1) is 23.3. The van der Waals surface area contributed by atoms with Crippen LogP contribution in [0.4, 0.5) is 5.69 Å². The van der Waals surface area contributed by atoms with E-state index < -0.39 is 0 Å². The van der Waals surface area contributed by atoms with Crippen molar-refractivity contribution in [2.45, 2.75) is 48.0 Å². The topological polar surface area (TPSA) is 44.4 Å². The molecule has 0 saturated carbocycles. The smallest absolute Gasteiger partial charge is 0.253 e. The summed E-state index contributed by atoms with van der Waals surface area (Å²) in [7, 11) is 3.87. The number of anilines is 1. The second-order valence-corrected chi connectivity index (χ2v) is 7.01. The van der Waals surface area contributed by atoms with Crippen molar-refractivity contribution >= 4 is 17.3 Å². The molecule has 4 nitrogen and oxygen atoms in total. The number of hydrogen-bond donors (Lipinski definition) is 2. The van der Waals surface area contributed by atoms with Crippen molar-refractivity contribution in [3.8, 4) is 0 Å². The lowest BCUT2D eigenvalue weighted by atomic mass is 10.1. The largest absolute Gasteiger partial charge is 0.388 e. The van der Waals surface area contributed by atoms with Crippen molar-refractivity contribution in [3.63, 3.8) is 0 Å². The lowest BCUT2D eigenvalue weighted by Gasteiger charge is -2.19. The van der Waals surface area contributed by atoms with Crippen molar-refractivity contribution in [1.82, 2.24) is 10.2 Å². The van der Waals surface area contributed by atoms with Gasteiger partial charge in [0.2, 0.25) is 0 Å². The van der Waals surface area contributed by atoms with Gasteiger partial charge in [-0.2, -0.15) is 0 Å². The number of nitrogens with zero attached hydrogens (tertiary/aromatic N) is 1. The van der Waals surface area contributed by atoms with Gasteiger partial charge in [0, 0.05) is 42.9 Å². The van der Waals surface area contributed by atoms with Crippen LogP contribution in [0.15, 0.2) is 65.0 Å². The van der Waals surface area contributed by atoms with Crippen LogP contribution in [0.25, 0.3) is 5.70 Å². The van der Waals surface area contributed by atoms with Gasteiger partial charge in [0.25, 0.3) is 5.91 Å². The lowest BCUT2D eigenvalue weighted by Crippen LogP contribution is -2.20. The molecule has 0 aliphatic carbocycles. The Morgan fingerprint density at radius 2 is 1.71 bits per heavy atom. The fraction of sp³-hybridized carbons (Fsp3) is 0.375. The number of nitrogens with one attached hydrogen (secondary N) is 2. The van der Waals surface area contributed by atoms with Gasteiger partial charge in [-0.3, -0.25) is 4.79 Å². The first-order valence-electron chi connectivity index (χ1n) is 9.75. The SMILES string of the molecule is C/C=C(\NC)c1ccc(NC(=O)/C(CC)=C(\C)N(C)/C=C\C(C)=C(C)C)cc1. The van der Waals surface area contributed by atoms with E-state index >= 15 is 0 Å². The molecule has 28 heavy (non-hydrogen) atoms. The highest BCUT2D eigenvalue weighted by Gasteiger charge is 2.13. The van der Waals surface area contributed by atoms with Crippen molar-refractivity contribution < 1.29 is 4.79 Å². The average molecular weight is 382 g/mol. The molecule has 1 aromatic rings. The van der Waals surface area contributed by atoms with E-state index in [0.717, 1.165) is 28.2 Å². The summed E-state index contributed by atoms with van der Waals surface area (Å²) in [5, 5.41) is 6.18. The molecule has 0 aliphatic rings. The van der Waals surface area contributed by atoms with Crippen LogP contribution in [-0.2, 0) is 4.79 Å². The molecule has 0 atom stereocenters. The molecule has 0 fully saturated rings. The van der Waals surface area contributed by atoms with E-state index in [1.807, 2.05) is 76.3 Å². The molecule has 0 aromatic heterocycles. The van der Waals surface area contributed by atoms with Crippen LogP contribution in [0.1, 0.15) is 53.5 Å². The van der Waals surface area contributed by atoms with Crippen molar-refractivity contribution in [2.75, 3.05) is 19.4 Å². The van der Waals surface area contributed by atoms with Gasteiger partial charge < -0.3 is 15.5 Å².